The lowest BCUT2D eigenvalue weighted by Gasteiger charge is -2.18. The molecule has 0 aromatic carbocycles. The van der Waals surface area contributed by atoms with E-state index in [0.717, 1.165) is 77.4 Å². The predicted octanol–water partition coefficient (Wildman–Crippen LogP) is 4.28. The molecule has 1 saturated carbocycles. The molecule has 1 rings (SSSR count). The molecule has 1 aliphatic carbocycles. The van der Waals surface area contributed by atoms with Gasteiger partial charge in [0.1, 0.15) is 12.4 Å². The molecule has 0 heterocycles. The van der Waals surface area contributed by atoms with E-state index in [1.54, 1.807) is 6.08 Å². The first-order valence-corrected chi connectivity index (χ1v) is 12.9. The van der Waals surface area contributed by atoms with Crippen molar-refractivity contribution in [1.29, 1.82) is 0 Å². The topological polar surface area (TPSA) is 87.1 Å². The summed E-state index contributed by atoms with van der Waals surface area (Å²) >= 11 is 0. The summed E-state index contributed by atoms with van der Waals surface area (Å²) in [6.07, 6.45) is 11.4. The molecule has 0 saturated heterocycles. The highest BCUT2D eigenvalue weighted by Crippen LogP contribution is 2.34. The van der Waals surface area contributed by atoms with Crippen molar-refractivity contribution >= 4 is 11.8 Å². The summed E-state index contributed by atoms with van der Waals surface area (Å²) in [7, 11) is 0. The highest BCUT2D eigenvalue weighted by molar-refractivity contribution is 5.84. The molecule has 4 atom stereocenters. The summed E-state index contributed by atoms with van der Waals surface area (Å²) in [6, 6.07) is 0. The zero-order valence-corrected chi connectivity index (χ0v) is 20.6. The monoisotopic (exact) mass is 453 g/mol. The second-order valence-electron chi connectivity index (χ2n) is 9.07. The Bertz CT molecular complexity index is 546. The van der Waals surface area contributed by atoms with Gasteiger partial charge in [-0.3, -0.25) is 9.59 Å². The summed E-state index contributed by atoms with van der Waals surface area (Å²) in [5.41, 5.74) is 0. The molecule has 0 bridgehead atoms. The number of hydrogen-bond donors (Lipinski definition) is 2. The number of ketones is 1. The molecule has 0 aromatic heterocycles. The van der Waals surface area contributed by atoms with Crippen molar-refractivity contribution in [3.63, 3.8) is 0 Å². The average molecular weight is 454 g/mol. The van der Waals surface area contributed by atoms with Crippen LogP contribution in [0.4, 0.5) is 0 Å². The largest absolute Gasteiger partial charge is 0.464 e. The van der Waals surface area contributed by atoms with E-state index in [2.05, 4.69) is 25.7 Å². The van der Waals surface area contributed by atoms with Crippen molar-refractivity contribution in [3.8, 4) is 0 Å². The first-order chi connectivity index (χ1) is 15.4. The van der Waals surface area contributed by atoms with Crippen LogP contribution in [0, 0.1) is 11.8 Å². The van der Waals surface area contributed by atoms with Crippen LogP contribution in [0.15, 0.2) is 12.2 Å². The smallest absolute Gasteiger partial charge is 0.305 e. The fraction of sp³-hybridized carbons (Fsp3) is 0.846. The number of carbonyl (C=O) groups excluding carboxylic acids is 2. The maximum Gasteiger partial charge on any atom is 0.305 e. The molecule has 0 amide bonds. The Morgan fingerprint density at radius 3 is 2.53 bits per heavy atom. The molecule has 6 heteroatoms. The van der Waals surface area contributed by atoms with Crippen molar-refractivity contribution in [2.75, 3.05) is 26.2 Å². The second kappa shape index (κ2) is 17.3. The summed E-state index contributed by atoms with van der Waals surface area (Å²) in [4.78, 5) is 26.4. The van der Waals surface area contributed by atoms with Gasteiger partial charge in [-0.15, -0.1) is 0 Å². The number of aliphatic hydroxyl groups is 2. The minimum Gasteiger partial charge on any atom is -0.464 e. The van der Waals surface area contributed by atoms with Gasteiger partial charge in [-0.1, -0.05) is 71.4 Å². The van der Waals surface area contributed by atoms with Gasteiger partial charge in [0.25, 0.3) is 0 Å². The van der Waals surface area contributed by atoms with Crippen molar-refractivity contribution in [1.82, 2.24) is 4.90 Å². The lowest BCUT2D eigenvalue weighted by Crippen LogP contribution is -2.27. The van der Waals surface area contributed by atoms with Crippen LogP contribution in [0.25, 0.3) is 0 Å². The summed E-state index contributed by atoms with van der Waals surface area (Å²) in [5.74, 6) is -0.350. The number of rotatable bonds is 18. The van der Waals surface area contributed by atoms with E-state index < -0.39 is 12.2 Å². The summed E-state index contributed by atoms with van der Waals surface area (Å²) in [6.45, 7) is 9.49. The van der Waals surface area contributed by atoms with Gasteiger partial charge in [-0.25, -0.2) is 0 Å². The molecule has 2 unspecified atom stereocenters. The zero-order chi connectivity index (χ0) is 23.8. The maximum absolute atomic E-state index is 12.3. The molecule has 0 spiro atoms. The SMILES string of the molecule is CCCCCC(O)C=C[C@H]1C(O)CC(=O)[C@@H]1CCCCCCC(=O)OCCN(CC)CC. The number of hydrogen-bond acceptors (Lipinski definition) is 6. The lowest BCUT2D eigenvalue weighted by molar-refractivity contribution is -0.144. The van der Waals surface area contributed by atoms with Crippen LogP contribution in [0.3, 0.4) is 0 Å². The Kier molecular flexibility index (Phi) is 15.5. The Balaban J connectivity index is 2.24. The number of esters is 1. The van der Waals surface area contributed by atoms with Crippen LogP contribution in [0.1, 0.15) is 91.4 Å². The normalized spacial score (nSPS) is 22.2. The Hall–Kier alpha value is -1.24. The van der Waals surface area contributed by atoms with E-state index >= 15 is 0 Å². The average Bonchev–Trinajstić information content (AvgIpc) is 3.04. The Labute approximate surface area is 195 Å². The lowest BCUT2D eigenvalue weighted by atomic mass is 9.88. The minimum absolute atomic E-state index is 0.129. The van der Waals surface area contributed by atoms with Gasteiger partial charge in [0.2, 0.25) is 0 Å². The molecular weight excluding hydrogens is 406 g/mol. The van der Waals surface area contributed by atoms with E-state index in [1.807, 2.05) is 6.08 Å². The molecule has 0 aliphatic heterocycles. The Morgan fingerprint density at radius 1 is 1.12 bits per heavy atom. The number of aliphatic hydroxyl groups excluding tert-OH is 2. The van der Waals surface area contributed by atoms with Crippen LogP contribution in [-0.2, 0) is 14.3 Å². The molecule has 0 aromatic rings. The van der Waals surface area contributed by atoms with Crippen LogP contribution >= 0.6 is 0 Å². The van der Waals surface area contributed by atoms with E-state index in [0.29, 0.717) is 13.0 Å². The highest BCUT2D eigenvalue weighted by Gasteiger charge is 2.39. The third-order valence-corrected chi connectivity index (χ3v) is 6.60. The number of nitrogens with zero attached hydrogens (tertiary/aromatic N) is 1. The maximum atomic E-state index is 12.3. The van der Waals surface area contributed by atoms with E-state index in [4.69, 9.17) is 4.74 Å². The quantitative estimate of drug-likeness (QED) is 0.183. The second-order valence-corrected chi connectivity index (χ2v) is 9.07. The van der Waals surface area contributed by atoms with Crippen LogP contribution in [0.2, 0.25) is 0 Å². The third-order valence-electron chi connectivity index (χ3n) is 6.60. The van der Waals surface area contributed by atoms with Crippen molar-refractivity contribution in [3.05, 3.63) is 12.2 Å². The third kappa shape index (κ3) is 11.6. The van der Waals surface area contributed by atoms with Crippen molar-refractivity contribution in [2.24, 2.45) is 11.8 Å². The first-order valence-electron chi connectivity index (χ1n) is 12.9. The molecule has 2 N–H and O–H groups in total. The minimum atomic E-state index is -0.641. The van der Waals surface area contributed by atoms with E-state index in [-0.39, 0.29) is 30.0 Å². The summed E-state index contributed by atoms with van der Waals surface area (Å²) in [5, 5.41) is 20.4. The van der Waals surface area contributed by atoms with Gasteiger partial charge in [0.15, 0.2) is 0 Å². The van der Waals surface area contributed by atoms with Crippen molar-refractivity contribution in [2.45, 2.75) is 104 Å². The number of unbranched alkanes of at least 4 members (excludes halogenated alkanes) is 5. The molecule has 1 fully saturated rings. The van der Waals surface area contributed by atoms with Gasteiger partial charge in [0, 0.05) is 31.2 Å². The zero-order valence-electron chi connectivity index (χ0n) is 20.6. The summed E-state index contributed by atoms with van der Waals surface area (Å²) < 4.78 is 5.30. The Morgan fingerprint density at radius 2 is 1.84 bits per heavy atom. The van der Waals surface area contributed by atoms with Gasteiger partial charge in [-0.2, -0.15) is 0 Å². The first kappa shape index (κ1) is 28.8. The number of ether oxygens (including phenoxy) is 1. The van der Waals surface area contributed by atoms with Crippen LogP contribution in [-0.4, -0.2) is 65.3 Å². The van der Waals surface area contributed by atoms with Gasteiger partial charge in [-0.05, 0) is 32.4 Å². The number of likely N-dealkylation sites (N-methyl/N-ethyl adjacent to an activating group) is 1. The van der Waals surface area contributed by atoms with Gasteiger partial charge >= 0.3 is 5.97 Å². The van der Waals surface area contributed by atoms with Gasteiger partial charge in [0.05, 0.1) is 12.2 Å². The molecule has 32 heavy (non-hydrogen) atoms. The fourth-order valence-electron chi connectivity index (χ4n) is 4.44. The molecule has 186 valence electrons. The fourth-order valence-corrected chi connectivity index (χ4v) is 4.44. The van der Waals surface area contributed by atoms with Crippen LogP contribution < -0.4 is 0 Å². The predicted molar refractivity (Wildman–Crippen MR) is 128 cm³/mol. The van der Waals surface area contributed by atoms with E-state index in [1.165, 1.54) is 0 Å². The highest BCUT2D eigenvalue weighted by atomic mass is 16.5. The van der Waals surface area contributed by atoms with E-state index in [9.17, 15) is 19.8 Å². The number of carbonyl (C=O) groups is 2. The van der Waals surface area contributed by atoms with Crippen molar-refractivity contribution < 1.29 is 24.5 Å². The standard InChI is InChI=1S/C26H47NO5/c1-4-7-10-13-21(28)16-17-23-22(24(29)20-25(23)30)14-11-8-9-12-15-26(31)32-19-18-27(5-2)6-3/h16-17,21-23,25,28,30H,4-15,18-20H2,1-3H3/t21?,22-,23-,25?/m1/s1. The van der Waals surface area contributed by atoms with Crippen LogP contribution in [0.5, 0.6) is 0 Å². The number of Topliss-reactive ketones (excluding diaryl/α,β-unsaturated/α-hetero) is 1. The van der Waals surface area contributed by atoms with Gasteiger partial charge < -0.3 is 19.8 Å². The molecule has 0 radical (unpaired) electrons. The molecule has 6 nitrogen and oxygen atoms in total. The molecular formula is C26H47NO5. The molecule has 1 aliphatic rings.